The number of aromatic nitrogens is 1. The molecule has 3 rings (SSSR count). The topological polar surface area (TPSA) is 25.4 Å². The number of anilines is 1. The monoisotopic (exact) mass is 342 g/mol. The van der Waals surface area contributed by atoms with E-state index in [0.29, 0.717) is 10.0 Å². The summed E-state index contributed by atoms with van der Waals surface area (Å²) in [5.41, 5.74) is 2.24. The molecule has 1 aromatic carbocycles. The van der Waals surface area contributed by atoms with E-state index < -0.39 is 0 Å². The highest BCUT2D eigenvalue weighted by atomic mass is 35.5. The lowest BCUT2D eigenvalue weighted by molar-refractivity contribution is 0.122. The third-order valence-electron chi connectivity index (χ3n) is 3.52. The smallest absolute Gasteiger partial charge is 0.185 e. The van der Waals surface area contributed by atoms with Crippen LogP contribution in [0, 0.1) is 6.92 Å². The molecule has 0 N–H and O–H groups in total. The summed E-state index contributed by atoms with van der Waals surface area (Å²) in [6.45, 7) is 5.51. The summed E-state index contributed by atoms with van der Waals surface area (Å²) in [7, 11) is 0. The number of halogens is 2. The molecule has 0 aliphatic carbocycles. The maximum atomic E-state index is 6.07. The molecule has 1 aliphatic heterocycles. The minimum absolute atomic E-state index is 0.587. The summed E-state index contributed by atoms with van der Waals surface area (Å²) in [6, 6.07) is 5.75. The summed E-state index contributed by atoms with van der Waals surface area (Å²) < 4.78 is 5.39. The number of thiazole rings is 1. The quantitative estimate of drug-likeness (QED) is 0.836. The maximum absolute atomic E-state index is 6.07. The van der Waals surface area contributed by atoms with E-state index in [1.165, 1.54) is 4.88 Å². The molecule has 1 aromatic heterocycles. The number of hydrogen-bond donors (Lipinski definition) is 0. The number of morpholine rings is 1. The second-order valence-electron chi connectivity index (χ2n) is 5.02. The van der Waals surface area contributed by atoms with Crippen LogP contribution in [0.2, 0.25) is 10.0 Å². The van der Waals surface area contributed by atoms with Crippen LogP contribution in [0.15, 0.2) is 18.2 Å². The molecular formula is C15H16Cl2N2OS. The second kappa shape index (κ2) is 6.53. The van der Waals surface area contributed by atoms with Gasteiger partial charge in [0, 0.05) is 24.4 Å². The molecule has 6 heteroatoms. The van der Waals surface area contributed by atoms with Gasteiger partial charge in [-0.05, 0) is 24.6 Å². The number of hydrogen-bond acceptors (Lipinski definition) is 4. The predicted molar refractivity (Wildman–Crippen MR) is 89.2 cm³/mol. The molecule has 0 bridgehead atoms. The number of aryl methyl sites for hydroxylation is 1. The fourth-order valence-electron chi connectivity index (χ4n) is 2.31. The Labute approximate surface area is 138 Å². The highest BCUT2D eigenvalue weighted by Crippen LogP contribution is 2.29. The van der Waals surface area contributed by atoms with Crippen LogP contribution >= 0.6 is 34.5 Å². The Bertz CT molecular complexity index is 639. The summed E-state index contributed by atoms with van der Waals surface area (Å²) in [4.78, 5) is 8.34. The van der Waals surface area contributed by atoms with Crippen molar-refractivity contribution in [2.24, 2.45) is 0 Å². The highest BCUT2D eigenvalue weighted by Gasteiger charge is 2.17. The van der Waals surface area contributed by atoms with Crippen molar-refractivity contribution in [3.05, 3.63) is 44.4 Å². The van der Waals surface area contributed by atoms with Gasteiger partial charge in [-0.15, -0.1) is 11.3 Å². The van der Waals surface area contributed by atoms with Gasteiger partial charge in [0.25, 0.3) is 0 Å². The van der Waals surface area contributed by atoms with E-state index in [-0.39, 0.29) is 0 Å². The number of nitrogens with zero attached hydrogens (tertiary/aromatic N) is 2. The molecule has 0 atom stereocenters. The van der Waals surface area contributed by atoms with E-state index in [1.807, 2.05) is 18.2 Å². The lowest BCUT2D eigenvalue weighted by atomic mass is 10.1. The van der Waals surface area contributed by atoms with Crippen LogP contribution in [0.1, 0.15) is 16.1 Å². The number of rotatable bonds is 3. The van der Waals surface area contributed by atoms with E-state index in [4.69, 9.17) is 32.9 Å². The first kappa shape index (κ1) is 15.1. The van der Waals surface area contributed by atoms with Crippen molar-refractivity contribution >= 4 is 39.7 Å². The van der Waals surface area contributed by atoms with Gasteiger partial charge in [-0.3, -0.25) is 0 Å². The van der Waals surface area contributed by atoms with Gasteiger partial charge in [0.15, 0.2) is 5.13 Å². The standard InChI is InChI=1S/C15H16Cl2N2OS/c1-10-14(9-11-2-3-12(16)13(17)8-11)18-15(21-10)19-4-6-20-7-5-19/h2-3,8H,4-7,9H2,1H3. The van der Waals surface area contributed by atoms with Crippen LogP contribution in [0.4, 0.5) is 5.13 Å². The molecule has 112 valence electrons. The molecule has 0 spiro atoms. The fraction of sp³-hybridized carbons (Fsp3) is 0.400. The van der Waals surface area contributed by atoms with Gasteiger partial charge in [0.1, 0.15) is 0 Å². The van der Waals surface area contributed by atoms with Gasteiger partial charge in [-0.25, -0.2) is 4.98 Å². The lowest BCUT2D eigenvalue weighted by Crippen LogP contribution is -2.36. The van der Waals surface area contributed by atoms with Crippen LogP contribution in [-0.2, 0) is 11.2 Å². The average molecular weight is 343 g/mol. The third-order valence-corrected chi connectivity index (χ3v) is 5.33. The normalized spacial score (nSPS) is 15.5. The Morgan fingerprint density at radius 3 is 2.71 bits per heavy atom. The van der Waals surface area contributed by atoms with Gasteiger partial charge in [-0.1, -0.05) is 29.3 Å². The highest BCUT2D eigenvalue weighted by molar-refractivity contribution is 7.15. The zero-order chi connectivity index (χ0) is 14.8. The Hall–Kier alpha value is -0.810. The minimum Gasteiger partial charge on any atom is -0.378 e. The van der Waals surface area contributed by atoms with E-state index in [2.05, 4.69) is 11.8 Å². The molecule has 0 radical (unpaired) electrons. The lowest BCUT2D eigenvalue weighted by Gasteiger charge is -2.26. The van der Waals surface area contributed by atoms with Crippen LogP contribution in [0.5, 0.6) is 0 Å². The zero-order valence-electron chi connectivity index (χ0n) is 11.7. The predicted octanol–water partition coefficient (Wildman–Crippen LogP) is 4.19. The molecule has 1 aliphatic rings. The number of ether oxygens (including phenoxy) is 1. The Morgan fingerprint density at radius 2 is 2.00 bits per heavy atom. The molecule has 0 amide bonds. The van der Waals surface area contributed by atoms with Crippen molar-refractivity contribution in [2.45, 2.75) is 13.3 Å². The molecule has 1 fully saturated rings. The number of benzene rings is 1. The van der Waals surface area contributed by atoms with E-state index in [0.717, 1.165) is 49.1 Å². The van der Waals surface area contributed by atoms with Crippen LogP contribution < -0.4 is 4.90 Å². The summed E-state index contributed by atoms with van der Waals surface area (Å²) >= 11 is 13.8. The zero-order valence-corrected chi connectivity index (χ0v) is 14.1. The van der Waals surface area contributed by atoms with E-state index >= 15 is 0 Å². The van der Waals surface area contributed by atoms with Crippen molar-refractivity contribution in [2.75, 3.05) is 31.2 Å². The first-order valence-corrected chi connectivity index (χ1v) is 8.43. The van der Waals surface area contributed by atoms with Gasteiger partial charge in [0.05, 0.1) is 29.0 Å². The Kier molecular flexibility index (Phi) is 4.69. The molecule has 0 saturated carbocycles. The molecule has 2 heterocycles. The SMILES string of the molecule is Cc1sc(N2CCOCC2)nc1Cc1ccc(Cl)c(Cl)c1. The largest absolute Gasteiger partial charge is 0.378 e. The minimum atomic E-state index is 0.587. The van der Waals surface area contributed by atoms with E-state index in [1.54, 1.807) is 11.3 Å². The van der Waals surface area contributed by atoms with Crippen molar-refractivity contribution < 1.29 is 4.74 Å². The Morgan fingerprint density at radius 1 is 1.24 bits per heavy atom. The van der Waals surface area contributed by atoms with Gasteiger partial charge >= 0.3 is 0 Å². The van der Waals surface area contributed by atoms with Gasteiger partial charge in [0.2, 0.25) is 0 Å². The van der Waals surface area contributed by atoms with Crippen molar-refractivity contribution in [1.29, 1.82) is 0 Å². The first-order valence-electron chi connectivity index (χ1n) is 6.86. The molecule has 0 unspecified atom stereocenters. The van der Waals surface area contributed by atoms with Crippen molar-refractivity contribution in [1.82, 2.24) is 4.98 Å². The molecule has 2 aromatic rings. The third kappa shape index (κ3) is 3.51. The molecule has 1 saturated heterocycles. The first-order chi connectivity index (χ1) is 10.1. The molecule has 3 nitrogen and oxygen atoms in total. The fourth-order valence-corrected chi connectivity index (χ4v) is 3.61. The second-order valence-corrected chi connectivity index (χ2v) is 7.02. The van der Waals surface area contributed by atoms with Crippen LogP contribution in [0.25, 0.3) is 0 Å². The maximum Gasteiger partial charge on any atom is 0.185 e. The van der Waals surface area contributed by atoms with Crippen LogP contribution in [-0.4, -0.2) is 31.3 Å². The molecule has 21 heavy (non-hydrogen) atoms. The van der Waals surface area contributed by atoms with Crippen molar-refractivity contribution in [3.63, 3.8) is 0 Å². The van der Waals surface area contributed by atoms with Gasteiger partial charge < -0.3 is 9.64 Å². The summed E-state index contributed by atoms with van der Waals surface area (Å²) in [5, 5.41) is 2.27. The molecular weight excluding hydrogens is 327 g/mol. The van der Waals surface area contributed by atoms with E-state index in [9.17, 15) is 0 Å². The van der Waals surface area contributed by atoms with Crippen LogP contribution in [0.3, 0.4) is 0 Å². The van der Waals surface area contributed by atoms with Gasteiger partial charge in [-0.2, -0.15) is 0 Å². The van der Waals surface area contributed by atoms with Crippen molar-refractivity contribution in [3.8, 4) is 0 Å². The summed E-state index contributed by atoms with van der Waals surface area (Å²) in [6.07, 6.45) is 0.781. The Balaban J connectivity index is 1.79. The average Bonchev–Trinajstić information content (AvgIpc) is 2.85. The summed E-state index contributed by atoms with van der Waals surface area (Å²) in [5.74, 6) is 0.